The second-order valence-corrected chi connectivity index (χ2v) is 6.93. The van der Waals surface area contributed by atoms with Crippen LogP contribution in [0, 0.1) is 11.3 Å². The lowest BCUT2D eigenvalue weighted by Crippen LogP contribution is -2.62. The molecule has 0 aromatic heterocycles. The fraction of sp³-hybridized carbons (Fsp3) is 0.933. The molecule has 19 heavy (non-hydrogen) atoms. The Morgan fingerprint density at radius 2 is 1.95 bits per heavy atom. The first-order valence-electron chi connectivity index (χ1n) is 7.37. The number of ether oxygens (including phenoxy) is 1. The molecular formula is C15H30N2O2. The highest BCUT2D eigenvalue weighted by atomic mass is 16.5. The van der Waals surface area contributed by atoms with E-state index in [1.807, 2.05) is 13.8 Å². The van der Waals surface area contributed by atoms with Gasteiger partial charge in [-0.1, -0.05) is 27.7 Å². The van der Waals surface area contributed by atoms with Gasteiger partial charge in [-0.05, 0) is 26.2 Å². The number of amides is 1. The Bertz CT molecular complexity index is 301. The first kappa shape index (κ1) is 16.4. The summed E-state index contributed by atoms with van der Waals surface area (Å²) in [7, 11) is 0. The van der Waals surface area contributed by atoms with E-state index >= 15 is 0 Å². The lowest BCUT2D eigenvalue weighted by molar-refractivity contribution is -0.130. The molecule has 0 heterocycles. The van der Waals surface area contributed by atoms with Crippen molar-refractivity contribution in [3.63, 3.8) is 0 Å². The smallest absolute Gasteiger partial charge is 0.234 e. The van der Waals surface area contributed by atoms with Crippen LogP contribution in [0.15, 0.2) is 0 Å². The van der Waals surface area contributed by atoms with E-state index in [4.69, 9.17) is 4.74 Å². The topological polar surface area (TPSA) is 50.4 Å². The monoisotopic (exact) mass is 270 g/mol. The highest BCUT2D eigenvalue weighted by Crippen LogP contribution is 2.42. The predicted molar refractivity (Wildman–Crippen MR) is 78.0 cm³/mol. The van der Waals surface area contributed by atoms with E-state index in [2.05, 4.69) is 38.3 Å². The first-order chi connectivity index (χ1) is 8.73. The van der Waals surface area contributed by atoms with Gasteiger partial charge in [0.05, 0.1) is 12.6 Å². The largest absolute Gasteiger partial charge is 0.377 e. The summed E-state index contributed by atoms with van der Waals surface area (Å²) in [6.07, 6.45) is 1.30. The Hall–Kier alpha value is -0.610. The van der Waals surface area contributed by atoms with Crippen molar-refractivity contribution in [2.24, 2.45) is 11.3 Å². The highest BCUT2D eigenvalue weighted by Gasteiger charge is 2.48. The predicted octanol–water partition coefficient (Wildman–Crippen LogP) is 1.94. The summed E-state index contributed by atoms with van der Waals surface area (Å²) >= 11 is 0. The molecule has 1 amide bonds. The molecule has 0 bridgehead atoms. The maximum Gasteiger partial charge on any atom is 0.234 e. The quantitative estimate of drug-likeness (QED) is 0.743. The minimum atomic E-state index is 0.0670. The molecule has 1 aliphatic rings. The Labute approximate surface area is 117 Å². The second kappa shape index (κ2) is 6.71. The number of carbonyl (C=O) groups is 1. The van der Waals surface area contributed by atoms with Gasteiger partial charge in [0, 0.05) is 24.1 Å². The molecule has 1 fully saturated rings. The summed E-state index contributed by atoms with van der Waals surface area (Å²) in [5, 5.41) is 6.23. The van der Waals surface area contributed by atoms with Gasteiger partial charge in [0.1, 0.15) is 0 Å². The molecule has 1 saturated carbocycles. The van der Waals surface area contributed by atoms with Crippen molar-refractivity contribution in [1.29, 1.82) is 0 Å². The molecule has 2 unspecified atom stereocenters. The van der Waals surface area contributed by atoms with Crippen molar-refractivity contribution in [2.45, 2.75) is 66.2 Å². The minimum Gasteiger partial charge on any atom is -0.377 e. The number of nitrogens with one attached hydrogen (secondary N) is 2. The van der Waals surface area contributed by atoms with Crippen LogP contribution in [0.25, 0.3) is 0 Å². The van der Waals surface area contributed by atoms with Crippen molar-refractivity contribution in [3.8, 4) is 0 Å². The SMILES string of the molecule is CC(C)COC1CC(NCC(=O)NC(C)C)C1(C)C. The van der Waals surface area contributed by atoms with Gasteiger partial charge >= 0.3 is 0 Å². The van der Waals surface area contributed by atoms with Gasteiger partial charge in [0.25, 0.3) is 0 Å². The molecule has 2 N–H and O–H groups in total. The van der Waals surface area contributed by atoms with Crippen molar-refractivity contribution < 1.29 is 9.53 Å². The Morgan fingerprint density at radius 3 is 2.42 bits per heavy atom. The zero-order valence-corrected chi connectivity index (χ0v) is 13.2. The van der Waals surface area contributed by atoms with Crippen LogP contribution < -0.4 is 10.6 Å². The third-order valence-electron chi connectivity index (χ3n) is 3.77. The van der Waals surface area contributed by atoms with Gasteiger partial charge in [0.15, 0.2) is 0 Å². The molecular weight excluding hydrogens is 240 g/mol. The lowest BCUT2D eigenvalue weighted by atomic mass is 9.64. The molecule has 0 saturated heterocycles. The summed E-state index contributed by atoms with van der Waals surface area (Å²) in [4.78, 5) is 11.6. The molecule has 1 rings (SSSR count). The third kappa shape index (κ3) is 4.77. The van der Waals surface area contributed by atoms with E-state index in [1.165, 1.54) is 0 Å². The Kier molecular flexibility index (Phi) is 5.81. The standard InChI is InChI=1S/C15H30N2O2/c1-10(2)9-19-13-7-12(15(13,5)6)16-8-14(18)17-11(3)4/h10-13,16H,7-9H2,1-6H3,(H,17,18). The van der Waals surface area contributed by atoms with Crippen LogP contribution in [0.2, 0.25) is 0 Å². The van der Waals surface area contributed by atoms with E-state index < -0.39 is 0 Å². The number of hydrogen-bond acceptors (Lipinski definition) is 3. The molecule has 4 nitrogen and oxygen atoms in total. The summed E-state index contributed by atoms with van der Waals surface area (Å²) < 4.78 is 5.92. The highest BCUT2D eigenvalue weighted by molar-refractivity contribution is 5.78. The summed E-state index contributed by atoms with van der Waals surface area (Å²) in [5.41, 5.74) is 0.104. The van der Waals surface area contributed by atoms with Crippen molar-refractivity contribution in [3.05, 3.63) is 0 Å². The van der Waals surface area contributed by atoms with E-state index in [-0.39, 0.29) is 17.4 Å². The zero-order chi connectivity index (χ0) is 14.6. The summed E-state index contributed by atoms with van der Waals surface area (Å²) in [5.74, 6) is 0.636. The molecule has 0 aromatic carbocycles. The zero-order valence-electron chi connectivity index (χ0n) is 13.2. The number of hydrogen-bond donors (Lipinski definition) is 2. The van der Waals surface area contributed by atoms with Crippen LogP contribution >= 0.6 is 0 Å². The number of carbonyl (C=O) groups excluding carboxylic acids is 1. The Morgan fingerprint density at radius 1 is 1.32 bits per heavy atom. The summed E-state index contributed by atoms with van der Waals surface area (Å²) in [6.45, 7) is 13.9. The second-order valence-electron chi connectivity index (χ2n) is 6.93. The molecule has 0 aromatic rings. The van der Waals surface area contributed by atoms with Crippen LogP contribution in [0.5, 0.6) is 0 Å². The average molecular weight is 270 g/mol. The molecule has 0 aliphatic heterocycles. The normalized spacial score (nSPS) is 25.5. The van der Waals surface area contributed by atoms with E-state index in [0.29, 0.717) is 24.6 Å². The van der Waals surface area contributed by atoms with Gasteiger partial charge in [-0.25, -0.2) is 0 Å². The van der Waals surface area contributed by atoms with Crippen LogP contribution in [-0.4, -0.2) is 37.2 Å². The van der Waals surface area contributed by atoms with Crippen LogP contribution in [0.3, 0.4) is 0 Å². The minimum absolute atomic E-state index is 0.0670. The average Bonchev–Trinajstić information content (AvgIpc) is 2.25. The molecule has 112 valence electrons. The third-order valence-corrected chi connectivity index (χ3v) is 3.77. The maximum absolute atomic E-state index is 11.6. The molecule has 0 spiro atoms. The first-order valence-corrected chi connectivity index (χ1v) is 7.37. The summed E-state index contributed by atoms with van der Waals surface area (Å²) in [6, 6.07) is 0.563. The van der Waals surface area contributed by atoms with Crippen molar-refractivity contribution in [2.75, 3.05) is 13.2 Å². The maximum atomic E-state index is 11.6. The van der Waals surface area contributed by atoms with Gasteiger partial charge in [-0.15, -0.1) is 0 Å². The number of rotatable bonds is 7. The van der Waals surface area contributed by atoms with Crippen molar-refractivity contribution >= 4 is 5.91 Å². The fourth-order valence-corrected chi connectivity index (χ4v) is 2.41. The van der Waals surface area contributed by atoms with E-state index in [1.54, 1.807) is 0 Å². The fourth-order valence-electron chi connectivity index (χ4n) is 2.41. The molecule has 4 heteroatoms. The van der Waals surface area contributed by atoms with E-state index in [9.17, 15) is 4.79 Å². The van der Waals surface area contributed by atoms with Gasteiger partial charge in [-0.3, -0.25) is 4.79 Å². The molecule has 0 radical (unpaired) electrons. The molecule has 1 aliphatic carbocycles. The lowest BCUT2D eigenvalue weighted by Gasteiger charge is -2.52. The van der Waals surface area contributed by atoms with Crippen LogP contribution in [0.1, 0.15) is 48.0 Å². The Balaban J connectivity index is 2.29. The van der Waals surface area contributed by atoms with Crippen LogP contribution in [0.4, 0.5) is 0 Å². The van der Waals surface area contributed by atoms with Gasteiger partial charge in [0.2, 0.25) is 5.91 Å². The van der Waals surface area contributed by atoms with Crippen LogP contribution in [-0.2, 0) is 9.53 Å². The van der Waals surface area contributed by atoms with Crippen molar-refractivity contribution in [1.82, 2.24) is 10.6 Å². The van der Waals surface area contributed by atoms with Gasteiger partial charge < -0.3 is 15.4 Å². The van der Waals surface area contributed by atoms with Gasteiger partial charge in [-0.2, -0.15) is 0 Å². The van der Waals surface area contributed by atoms with E-state index in [0.717, 1.165) is 13.0 Å². The molecule has 2 atom stereocenters.